The first kappa shape index (κ1) is 24.0. The number of aryl methyl sites for hydroxylation is 1. The van der Waals surface area contributed by atoms with Gasteiger partial charge in [0.05, 0.1) is 0 Å². The van der Waals surface area contributed by atoms with Crippen LogP contribution >= 0.6 is 0 Å². The minimum atomic E-state index is -3.93. The summed E-state index contributed by atoms with van der Waals surface area (Å²) in [7, 11) is -3.93. The van der Waals surface area contributed by atoms with Crippen LogP contribution in [0.3, 0.4) is 0 Å². The Hall–Kier alpha value is -1.07. The molecule has 2 N–H and O–H groups in total. The van der Waals surface area contributed by atoms with Crippen molar-refractivity contribution in [3.05, 3.63) is 29.8 Å². The Morgan fingerprint density at radius 2 is 1.11 bits per heavy atom. The molecule has 1 aromatic carbocycles. The molecule has 0 unspecified atom stereocenters. The van der Waals surface area contributed by atoms with E-state index in [0.29, 0.717) is 0 Å². The van der Waals surface area contributed by atoms with Crippen molar-refractivity contribution >= 4 is 10.3 Å². The lowest BCUT2D eigenvalue weighted by Gasteiger charge is -2.05. The van der Waals surface area contributed by atoms with Crippen molar-refractivity contribution in [1.82, 2.24) is 0 Å². The normalized spacial score (nSPS) is 11.6. The van der Waals surface area contributed by atoms with E-state index in [1.165, 1.54) is 95.5 Å². The molecule has 0 saturated carbocycles. The van der Waals surface area contributed by atoms with Crippen molar-refractivity contribution in [1.29, 1.82) is 0 Å². The summed E-state index contributed by atoms with van der Waals surface area (Å²) < 4.78 is 26.4. The van der Waals surface area contributed by atoms with Crippen LogP contribution in [-0.2, 0) is 16.7 Å². The van der Waals surface area contributed by atoms with Gasteiger partial charge in [-0.3, -0.25) is 0 Å². The highest BCUT2D eigenvalue weighted by molar-refractivity contribution is 7.84. The third-order valence-electron chi connectivity index (χ3n) is 4.95. The molecule has 0 atom stereocenters. The lowest BCUT2D eigenvalue weighted by atomic mass is 10.0. The third-order valence-corrected chi connectivity index (χ3v) is 5.38. The largest absolute Gasteiger partial charge is 0.380 e. The van der Waals surface area contributed by atoms with Gasteiger partial charge in [0.15, 0.2) is 0 Å². The predicted molar refractivity (Wildman–Crippen MR) is 114 cm³/mol. The molecule has 0 aromatic heterocycles. The fraction of sp³-hybridized carbons (Fsp3) is 0.727. The molecule has 0 amide bonds. The van der Waals surface area contributed by atoms with E-state index in [1.54, 1.807) is 12.1 Å². The number of hydrogen-bond donors (Lipinski definition) is 1. The zero-order valence-corrected chi connectivity index (χ0v) is 17.9. The van der Waals surface area contributed by atoms with Crippen molar-refractivity contribution in [2.75, 3.05) is 0 Å². The van der Waals surface area contributed by atoms with Crippen LogP contribution in [0.1, 0.15) is 102 Å². The van der Waals surface area contributed by atoms with E-state index in [2.05, 4.69) is 11.1 Å². The maximum atomic E-state index is 10.9. The Morgan fingerprint density at radius 1 is 0.704 bits per heavy atom. The molecular formula is C22H39NO3S. The second-order valence-electron chi connectivity index (χ2n) is 7.57. The van der Waals surface area contributed by atoms with Crippen LogP contribution in [0.15, 0.2) is 24.3 Å². The molecule has 0 radical (unpaired) electrons. The molecule has 27 heavy (non-hydrogen) atoms. The van der Waals surface area contributed by atoms with Crippen LogP contribution in [0, 0.1) is 0 Å². The quantitative estimate of drug-likeness (QED) is 0.314. The van der Waals surface area contributed by atoms with Crippen molar-refractivity contribution in [3.63, 3.8) is 0 Å². The summed E-state index contributed by atoms with van der Waals surface area (Å²) >= 11 is 0. The van der Waals surface area contributed by atoms with Crippen molar-refractivity contribution in [2.45, 2.75) is 103 Å². The monoisotopic (exact) mass is 397 g/mol. The number of benzene rings is 1. The second kappa shape index (κ2) is 14.9. The summed E-state index contributed by atoms with van der Waals surface area (Å²) in [6.45, 7) is 2.27. The van der Waals surface area contributed by atoms with Gasteiger partial charge in [-0.2, -0.15) is 13.6 Å². The van der Waals surface area contributed by atoms with Crippen molar-refractivity contribution in [2.24, 2.45) is 5.14 Å². The van der Waals surface area contributed by atoms with Crippen LogP contribution in [-0.4, -0.2) is 8.42 Å². The lowest BCUT2D eigenvalue weighted by Crippen LogP contribution is -2.18. The van der Waals surface area contributed by atoms with E-state index in [-0.39, 0.29) is 5.75 Å². The van der Waals surface area contributed by atoms with E-state index in [4.69, 9.17) is 5.14 Å². The van der Waals surface area contributed by atoms with E-state index >= 15 is 0 Å². The molecule has 5 heteroatoms. The molecule has 1 rings (SSSR count). The van der Waals surface area contributed by atoms with Crippen molar-refractivity contribution in [3.8, 4) is 5.75 Å². The first-order valence-corrected chi connectivity index (χ1v) is 12.3. The third kappa shape index (κ3) is 14.6. The van der Waals surface area contributed by atoms with Gasteiger partial charge in [0.25, 0.3) is 0 Å². The standard InChI is InChI=1S/C22H39NO3S/c1-2-3-4-5-6-7-8-9-10-11-12-13-14-15-16-21-17-19-22(20-18-21)26-27(23,24)25/h17-20H,2-16H2,1H3,(H2,23,24,25). The summed E-state index contributed by atoms with van der Waals surface area (Å²) in [5.74, 6) is 0.266. The van der Waals surface area contributed by atoms with Gasteiger partial charge in [-0.15, -0.1) is 0 Å². The molecule has 0 aliphatic heterocycles. The van der Waals surface area contributed by atoms with Gasteiger partial charge in [0.1, 0.15) is 5.75 Å². The van der Waals surface area contributed by atoms with E-state index < -0.39 is 10.3 Å². The topological polar surface area (TPSA) is 69.4 Å². The van der Waals surface area contributed by atoms with Gasteiger partial charge in [-0.05, 0) is 30.5 Å². The summed E-state index contributed by atoms with van der Waals surface area (Å²) in [5.41, 5.74) is 1.20. The first-order valence-electron chi connectivity index (χ1n) is 10.8. The van der Waals surface area contributed by atoms with Gasteiger partial charge < -0.3 is 4.18 Å². The zero-order chi connectivity index (χ0) is 19.8. The lowest BCUT2D eigenvalue weighted by molar-refractivity contribution is 0.487. The van der Waals surface area contributed by atoms with Gasteiger partial charge in [0, 0.05) is 0 Å². The smallest absolute Gasteiger partial charge is 0.371 e. The van der Waals surface area contributed by atoms with Gasteiger partial charge >= 0.3 is 10.3 Å². The maximum Gasteiger partial charge on any atom is 0.380 e. The van der Waals surface area contributed by atoms with E-state index in [9.17, 15) is 8.42 Å². The Labute approximate surface area is 167 Å². The highest BCUT2D eigenvalue weighted by atomic mass is 32.2. The van der Waals surface area contributed by atoms with Crippen LogP contribution in [0.2, 0.25) is 0 Å². The van der Waals surface area contributed by atoms with Gasteiger partial charge in [-0.1, -0.05) is 103 Å². The van der Waals surface area contributed by atoms with Crippen molar-refractivity contribution < 1.29 is 12.6 Å². The number of hydrogen-bond acceptors (Lipinski definition) is 3. The summed E-state index contributed by atoms with van der Waals surface area (Å²) in [4.78, 5) is 0. The van der Waals surface area contributed by atoms with E-state index in [1.807, 2.05) is 12.1 Å². The van der Waals surface area contributed by atoms with Crippen LogP contribution in [0.5, 0.6) is 5.75 Å². The summed E-state index contributed by atoms with van der Waals surface area (Å²) in [5, 5.41) is 4.85. The molecule has 0 saturated heterocycles. The molecule has 0 aliphatic rings. The maximum absolute atomic E-state index is 10.9. The van der Waals surface area contributed by atoms with E-state index in [0.717, 1.165) is 6.42 Å². The average molecular weight is 398 g/mol. The molecule has 0 spiro atoms. The molecule has 0 aliphatic carbocycles. The van der Waals surface area contributed by atoms with Crippen LogP contribution in [0.25, 0.3) is 0 Å². The molecule has 4 nitrogen and oxygen atoms in total. The zero-order valence-electron chi connectivity index (χ0n) is 17.1. The molecule has 0 bridgehead atoms. The SMILES string of the molecule is CCCCCCCCCCCCCCCCc1ccc(OS(N)(=O)=O)cc1. The number of nitrogens with two attached hydrogens (primary N) is 1. The minimum absolute atomic E-state index is 0.266. The fourth-order valence-corrected chi connectivity index (χ4v) is 3.75. The Balaban J connectivity index is 1.91. The fourth-order valence-electron chi connectivity index (χ4n) is 3.37. The van der Waals surface area contributed by atoms with Crippen LogP contribution < -0.4 is 9.32 Å². The average Bonchev–Trinajstić information content (AvgIpc) is 2.62. The molecule has 0 fully saturated rings. The summed E-state index contributed by atoms with van der Waals surface area (Å²) in [6, 6.07) is 7.12. The number of unbranched alkanes of at least 4 members (excludes halogenated alkanes) is 13. The number of rotatable bonds is 17. The first-order chi connectivity index (χ1) is 13.0. The highest BCUT2D eigenvalue weighted by Gasteiger charge is 2.04. The Morgan fingerprint density at radius 3 is 1.52 bits per heavy atom. The predicted octanol–water partition coefficient (Wildman–Crippen LogP) is 6.29. The van der Waals surface area contributed by atoms with Gasteiger partial charge in [-0.25, -0.2) is 0 Å². The molecule has 0 heterocycles. The molecular weight excluding hydrogens is 358 g/mol. The Bertz CT molecular complexity index is 570. The molecule has 156 valence electrons. The molecule has 1 aromatic rings. The Kier molecular flexibility index (Phi) is 13.2. The summed E-state index contributed by atoms with van der Waals surface area (Å²) in [6.07, 6.45) is 20.1. The minimum Gasteiger partial charge on any atom is -0.371 e. The van der Waals surface area contributed by atoms with Crippen LogP contribution in [0.4, 0.5) is 0 Å². The highest BCUT2D eigenvalue weighted by Crippen LogP contribution is 2.16. The van der Waals surface area contributed by atoms with Gasteiger partial charge in [0.2, 0.25) is 0 Å². The second-order valence-corrected chi connectivity index (χ2v) is 8.72.